The first-order valence-corrected chi connectivity index (χ1v) is 12.3. The Labute approximate surface area is 205 Å². The van der Waals surface area contributed by atoms with Crippen molar-refractivity contribution in [1.82, 2.24) is 39.0 Å². The van der Waals surface area contributed by atoms with E-state index in [0.29, 0.717) is 23.2 Å². The Morgan fingerprint density at radius 1 is 1.09 bits per heavy atom. The molecular formula is C23H25N9O2S. The minimum absolute atomic E-state index is 0.0145. The summed E-state index contributed by atoms with van der Waals surface area (Å²) in [6.07, 6.45) is 9.21. The fourth-order valence-corrected chi connectivity index (χ4v) is 4.27. The maximum absolute atomic E-state index is 12.0. The number of carbonyl (C=O) groups excluding carboxylic acids is 1. The number of rotatable bonds is 7. The van der Waals surface area contributed by atoms with Crippen molar-refractivity contribution in [3.05, 3.63) is 49.1 Å². The number of fused-ring (bicyclic) bond motifs is 2. The van der Waals surface area contributed by atoms with E-state index >= 15 is 0 Å². The van der Waals surface area contributed by atoms with Crippen LogP contribution in [0.1, 0.15) is 26.7 Å². The summed E-state index contributed by atoms with van der Waals surface area (Å²) in [4.78, 5) is 16.4. The molecule has 1 aliphatic rings. The molecule has 0 saturated heterocycles. The molecule has 12 heteroatoms. The van der Waals surface area contributed by atoms with Crippen molar-refractivity contribution in [3.8, 4) is 11.1 Å². The lowest BCUT2D eigenvalue weighted by atomic mass is 10.2. The second-order valence-electron chi connectivity index (χ2n) is 7.81. The van der Waals surface area contributed by atoms with Crippen LogP contribution in [0.4, 0.5) is 5.82 Å². The van der Waals surface area contributed by atoms with Crippen molar-refractivity contribution in [1.29, 1.82) is 0 Å². The molecule has 0 atom stereocenters. The second kappa shape index (κ2) is 9.84. The minimum Gasteiger partial charge on any atom is -0.394 e. The molecule has 5 aromatic heterocycles. The minimum atomic E-state index is 0.0145. The van der Waals surface area contributed by atoms with Crippen molar-refractivity contribution in [2.45, 2.75) is 43.4 Å². The summed E-state index contributed by atoms with van der Waals surface area (Å²) in [5.74, 6) is 0.630. The highest BCUT2D eigenvalue weighted by Crippen LogP contribution is 2.30. The molecule has 0 spiro atoms. The molecule has 1 aliphatic carbocycles. The third kappa shape index (κ3) is 4.88. The standard InChI is InChI=1S/C21H19N9O2S.C2H6/c31-8-7-28-10-15(9-22-28)14-3-4-18-25-26-21(29(18)11-14)33-19-6-5-17-23-16(12-30(17)27-19)24-20(32)13-1-2-13;1-2/h3-6,9-13,31H,1-2,7-8H2,(H,24,32);1-2H3. The predicted octanol–water partition coefficient (Wildman–Crippen LogP) is 3.15. The Morgan fingerprint density at radius 3 is 2.71 bits per heavy atom. The van der Waals surface area contributed by atoms with Crippen LogP contribution in [-0.4, -0.2) is 56.6 Å². The summed E-state index contributed by atoms with van der Waals surface area (Å²) in [5, 5.41) is 30.8. The number of aromatic nitrogens is 8. The van der Waals surface area contributed by atoms with Gasteiger partial charge in [0.05, 0.1) is 25.5 Å². The van der Waals surface area contributed by atoms with Crippen LogP contribution in [0.5, 0.6) is 0 Å². The van der Waals surface area contributed by atoms with Gasteiger partial charge < -0.3 is 10.4 Å². The van der Waals surface area contributed by atoms with E-state index in [1.165, 1.54) is 11.8 Å². The van der Waals surface area contributed by atoms with Crippen molar-refractivity contribution < 1.29 is 9.90 Å². The van der Waals surface area contributed by atoms with Crippen LogP contribution in [0.25, 0.3) is 22.4 Å². The fraction of sp³-hybridized carbons (Fsp3) is 0.304. The molecule has 35 heavy (non-hydrogen) atoms. The number of imidazole rings is 1. The van der Waals surface area contributed by atoms with E-state index in [0.717, 1.165) is 34.6 Å². The van der Waals surface area contributed by atoms with Crippen LogP contribution >= 0.6 is 11.8 Å². The molecule has 5 heterocycles. The van der Waals surface area contributed by atoms with Crippen molar-refractivity contribution in [2.75, 3.05) is 11.9 Å². The summed E-state index contributed by atoms with van der Waals surface area (Å²) < 4.78 is 5.26. The molecule has 0 aliphatic heterocycles. The summed E-state index contributed by atoms with van der Waals surface area (Å²) in [6.45, 7) is 4.49. The van der Waals surface area contributed by atoms with Gasteiger partial charge in [0, 0.05) is 29.4 Å². The molecule has 1 fully saturated rings. The van der Waals surface area contributed by atoms with Crippen LogP contribution < -0.4 is 5.32 Å². The summed E-state index contributed by atoms with van der Waals surface area (Å²) in [6, 6.07) is 7.58. The van der Waals surface area contributed by atoms with Gasteiger partial charge in [-0.1, -0.05) is 13.8 Å². The molecule has 6 rings (SSSR count). The van der Waals surface area contributed by atoms with Gasteiger partial charge in [-0.05, 0) is 48.9 Å². The fourth-order valence-electron chi connectivity index (χ4n) is 3.49. The zero-order valence-corrected chi connectivity index (χ0v) is 20.2. The van der Waals surface area contributed by atoms with Crippen LogP contribution in [0.2, 0.25) is 0 Å². The van der Waals surface area contributed by atoms with Gasteiger partial charge in [-0.25, -0.2) is 9.50 Å². The van der Waals surface area contributed by atoms with Crippen molar-refractivity contribution in [2.24, 2.45) is 5.92 Å². The number of anilines is 1. The molecule has 0 radical (unpaired) electrons. The molecule has 0 aromatic carbocycles. The highest BCUT2D eigenvalue weighted by atomic mass is 32.2. The second-order valence-corrected chi connectivity index (χ2v) is 8.80. The van der Waals surface area contributed by atoms with Gasteiger partial charge in [0.2, 0.25) is 11.1 Å². The molecule has 0 bridgehead atoms. The van der Waals surface area contributed by atoms with E-state index in [1.807, 2.05) is 54.9 Å². The molecular weight excluding hydrogens is 466 g/mol. The number of hydrogen-bond acceptors (Lipinski definition) is 8. The molecule has 2 N–H and O–H groups in total. The van der Waals surface area contributed by atoms with Gasteiger partial charge >= 0.3 is 0 Å². The van der Waals surface area contributed by atoms with E-state index in [1.54, 1.807) is 21.6 Å². The number of hydrogen-bond donors (Lipinski definition) is 2. The van der Waals surface area contributed by atoms with Gasteiger partial charge in [-0.15, -0.1) is 10.2 Å². The lowest BCUT2D eigenvalue weighted by molar-refractivity contribution is -0.117. The highest BCUT2D eigenvalue weighted by molar-refractivity contribution is 7.99. The Kier molecular flexibility index (Phi) is 6.47. The zero-order valence-electron chi connectivity index (χ0n) is 19.4. The quantitative estimate of drug-likeness (QED) is 0.355. The molecule has 11 nitrogen and oxygen atoms in total. The third-order valence-electron chi connectivity index (χ3n) is 5.36. The molecule has 180 valence electrons. The molecule has 5 aromatic rings. The van der Waals surface area contributed by atoms with E-state index in [-0.39, 0.29) is 18.4 Å². The molecule has 1 saturated carbocycles. The Morgan fingerprint density at radius 2 is 1.91 bits per heavy atom. The van der Waals surface area contributed by atoms with Gasteiger partial charge in [0.25, 0.3) is 0 Å². The number of nitrogens with one attached hydrogen (secondary N) is 1. The largest absolute Gasteiger partial charge is 0.394 e. The van der Waals surface area contributed by atoms with Crippen LogP contribution in [0.15, 0.2) is 59.2 Å². The first kappa shape index (κ1) is 23.0. The first-order valence-electron chi connectivity index (χ1n) is 11.5. The first-order chi connectivity index (χ1) is 17.2. The van der Waals surface area contributed by atoms with Gasteiger partial charge in [-0.3, -0.25) is 13.9 Å². The average Bonchev–Trinajstić information content (AvgIpc) is 3.31. The Balaban J connectivity index is 0.00000124. The zero-order chi connectivity index (χ0) is 24.4. The predicted molar refractivity (Wildman–Crippen MR) is 131 cm³/mol. The van der Waals surface area contributed by atoms with E-state index in [4.69, 9.17) is 5.11 Å². The van der Waals surface area contributed by atoms with Gasteiger partial charge in [0.1, 0.15) is 5.03 Å². The topological polar surface area (TPSA) is 128 Å². The summed E-state index contributed by atoms with van der Waals surface area (Å²) in [7, 11) is 0. The lowest BCUT2D eigenvalue weighted by Crippen LogP contribution is -2.13. The number of aliphatic hydroxyl groups is 1. The van der Waals surface area contributed by atoms with Crippen LogP contribution in [0, 0.1) is 5.92 Å². The number of pyridine rings is 1. The van der Waals surface area contributed by atoms with Gasteiger partial charge in [0.15, 0.2) is 17.1 Å². The number of amides is 1. The maximum Gasteiger partial charge on any atom is 0.228 e. The normalized spacial score (nSPS) is 13.1. The van der Waals surface area contributed by atoms with Crippen molar-refractivity contribution in [3.63, 3.8) is 0 Å². The molecule has 0 unspecified atom stereocenters. The maximum atomic E-state index is 12.0. The monoisotopic (exact) mass is 491 g/mol. The van der Waals surface area contributed by atoms with Crippen molar-refractivity contribution >= 4 is 34.8 Å². The van der Waals surface area contributed by atoms with Gasteiger partial charge in [-0.2, -0.15) is 10.2 Å². The summed E-state index contributed by atoms with van der Waals surface area (Å²) >= 11 is 1.38. The highest BCUT2D eigenvalue weighted by Gasteiger charge is 2.30. The smallest absolute Gasteiger partial charge is 0.228 e. The van der Waals surface area contributed by atoms with E-state index in [9.17, 15) is 4.79 Å². The van der Waals surface area contributed by atoms with Crippen LogP contribution in [0.3, 0.4) is 0 Å². The van der Waals surface area contributed by atoms with Crippen LogP contribution in [-0.2, 0) is 11.3 Å². The molecule has 1 amide bonds. The number of aliphatic hydroxyl groups excluding tert-OH is 1. The Bertz CT molecular complexity index is 1480. The average molecular weight is 492 g/mol. The lowest BCUT2D eigenvalue weighted by Gasteiger charge is -2.03. The van der Waals surface area contributed by atoms with E-state index in [2.05, 4.69) is 30.7 Å². The third-order valence-corrected chi connectivity index (χ3v) is 6.25. The van der Waals surface area contributed by atoms with E-state index < -0.39 is 0 Å². The summed E-state index contributed by atoms with van der Waals surface area (Å²) in [5.41, 5.74) is 3.27. The number of carbonyl (C=O) groups is 1. The SMILES string of the molecule is CC.O=C(Nc1cn2nc(Sc3nnc4ccc(-c5cnn(CCO)c5)cn34)ccc2n1)C1CC1. The number of nitrogens with zero attached hydrogens (tertiary/aromatic N) is 8. The Hall–Kier alpha value is -3.77.